The van der Waals surface area contributed by atoms with Crippen molar-refractivity contribution in [2.45, 2.75) is 0 Å². The normalized spacial score (nSPS) is 9.88. The lowest BCUT2D eigenvalue weighted by molar-refractivity contribution is -0.144. The van der Waals surface area contributed by atoms with E-state index in [1.807, 2.05) is 5.48 Å². The van der Waals surface area contributed by atoms with Gasteiger partial charge in [-0.2, -0.15) is 0 Å². The zero-order valence-corrected chi connectivity index (χ0v) is 11.0. The first-order chi connectivity index (χ1) is 7.49. The Hall–Kier alpha value is -0.920. The lowest BCUT2D eigenvalue weighted by Crippen LogP contribution is -2.26. The summed E-state index contributed by atoms with van der Waals surface area (Å²) in [5.74, 6) is -1.67. The number of nitrogens with one attached hydrogen (secondary N) is 1. The Morgan fingerprint density at radius 1 is 1.25 bits per heavy atom. The number of hydrogen-bond acceptors (Lipinski definition) is 3. The summed E-state index contributed by atoms with van der Waals surface area (Å²) in [4.78, 5) is 26.1. The molecule has 2 N–H and O–H groups in total. The van der Waals surface area contributed by atoms with Gasteiger partial charge in [-0.25, -0.2) is 10.3 Å². The number of halogens is 2. The van der Waals surface area contributed by atoms with E-state index in [0.29, 0.717) is 5.56 Å². The molecule has 86 valence electrons. The van der Waals surface area contributed by atoms with Crippen molar-refractivity contribution in [3.05, 3.63) is 32.7 Å². The Kier molecular flexibility index (Phi) is 4.91. The van der Waals surface area contributed by atoms with Crippen molar-refractivity contribution in [2.24, 2.45) is 0 Å². The van der Waals surface area contributed by atoms with Crippen LogP contribution in [0.4, 0.5) is 0 Å². The average molecular weight is 353 g/mol. The summed E-state index contributed by atoms with van der Waals surface area (Å²) < 4.78 is 1.45. The summed E-state index contributed by atoms with van der Waals surface area (Å²) >= 11 is 6.46. The standard InChI is InChI=1S/C9H7Br2NO4/c10-6-1-5(2-7(11)3-6)9(15)12-16-4-8(13)14/h1-3H,4H2,(H,12,15)(H,13,14). The monoisotopic (exact) mass is 351 g/mol. The number of hydrogen-bond donors (Lipinski definition) is 2. The molecule has 0 saturated heterocycles. The lowest BCUT2D eigenvalue weighted by Gasteiger charge is -2.04. The fourth-order valence-corrected chi connectivity index (χ4v) is 2.20. The molecule has 0 aliphatic rings. The van der Waals surface area contributed by atoms with E-state index in [4.69, 9.17) is 5.11 Å². The first-order valence-electron chi connectivity index (χ1n) is 4.09. The predicted octanol–water partition coefficient (Wildman–Crippen LogP) is 1.96. The third kappa shape index (κ3) is 4.30. The van der Waals surface area contributed by atoms with Crippen molar-refractivity contribution in [1.29, 1.82) is 0 Å². The molecule has 0 heterocycles. The molecule has 0 saturated carbocycles. The molecule has 16 heavy (non-hydrogen) atoms. The van der Waals surface area contributed by atoms with Crippen LogP contribution in [0.3, 0.4) is 0 Å². The quantitative estimate of drug-likeness (QED) is 0.812. The van der Waals surface area contributed by atoms with E-state index in [2.05, 4.69) is 36.7 Å². The van der Waals surface area contributed by atoms with Crippen LogP contribution in [-0.4, -0.2) is 23.6 Å². The Labute approximate surface area is 108 Å². The third-order valence-electron chi connectivity index (χ3n) is 1.49. The van der Waals surface area contributed by atoms with Crippen molar-refractivity contribution in [3.8, 4) is 0 Å². The van der Waals surface area contributed by atoms with E-state index in [-0.39, 0.29) is 0 Å². The van der Waals surface area contributed by atoms with Gasteiger partial charge in [0.25, 0.3) is 5.91 Å². The number of carboxylic acid groups (broad SMARTS) is 1. The summed E-state index contributed by atoms with van der Waals surface area (Å²) in [5.41, 5.74) is 2.38. The number of amides is 1. The molecule has 5 nitrogen and oxygen atoms in total. The third-order valence-corrected chi connectivity index (χ3v) is 2.40. The number of hydroxylamine groups is 1. The molecule has 0 radical (unpaired) electrons. The van der Waals surface area contributed by atoms with Gasteiger partial charge in [0.2, 0.25) is 0 Å². The van der Waals surface area contributed by atoms with Gasteiger partial charge in [0.1, 0.15) is 0 Å². The highest BCUT2D eigenvalue weighted by atomic mass is 79.9. The molecule has 0 fully saturated rings. The van der Waals surface area contributed by atoms with Crippen LogP contribution < -0.4 is 5.48 Å². The second kappa shape index (κ2) is 5.97. The molecule has 0 aliphatic carbocycles. The van der Waals surface area contributed by atoms with Gasteiger partial charge in [-0.1, -0.05) is 31.9 Å². The first kappa shape index (κ1) is 13.1. The van der Waals surface area contributed by atoms with Crippen molar-refractivity contribution in [3.63, 3.8) is 0 Å². The van der Waals surface area contributed by atoms with Gasteiger partial charge in [0.05, 0.1) is 0 Å². The number of aliphatic carboxylic acids is 1. The minimum Gasteiger partial charge on any atom is -0.479 e. The van der Waals surface area contributed by atoms with Crippen molar-refractivity contribution < 1.29 is 19.5 Å². The summed E-state index contributed by atoms with van der Waals surface area (Å²) in [7, 11) is 0. The summed E-state index contributed by atoms with van der Waals surface area (Å²) in [5, 5.41) is 8.29. The average Bonchev–Trinajstić information content (AvgIpc) is 2.15. The number of carbonyl (C=O) groups is 2. The second-order valence-electron chi connectivity index (χ2n) is 2.77. The number of carboxylic acids is 1. The molecule has 0 unspecified atom stereocenters. The Morgan fingerprint density at radius 2 is 1.81 bits per heavy atom. The molecule has 1 aromatic carbocycles. The molecule has 1 aromatic rings. The highest BCUT2D eigenvalue weighted by Crippen LogP contribution is 2.19. The molecule has 1 amide bonds. The van der Waals surface area contributed by atoms with Crippen molar-refractivity contribution >= 4 is 43.7 Å². The maximum absolute atomic E-state index is 11.5. The zero-order valence-electron chi connectivity index (χ0n) is 7.87. The van der Waals surface area contributed by atoms with Gasteiger partial charge in [0, 0.05) is 14.5 Å². The molecule has 7 heteroatoms. The van der Waals surface area contributed by atoms with E-state index in [0.717, 1.165) is 8.95 Å². The molecule has 0 atom stereocenters. The SMILES string of the molecule is O=C(O)CONC(=O)c1cc(Br)cc(Br)c1. The molecule has 0 bridgehead atoms. The maximum atomic E-state index is 11.5. The van der Waals surface area contributed by atoms with Crippen LogP contribution in [0.25, 0.3) is 0 Å². The molecule has 1 rings (SSSR count). The van der Waals surface area contributed by atoms with Gasteiger partial charge < -0.3 is 5.11 Å². The van der Waals surface area contributed by atoms with Gasteiger partial charge in [-0.15, -0.1) is 0 Å². The number of carbonyl (C=O) groups excluding carboxylic acids is 1. The molecule has 0 aromatic heterocycles. The van der Waals surface area contributed by atoms with E-state index in [1.54, 1.807) is 18.2 Å². The topological polar surface area (TPSA) is 75.6 Å². The summed E-state index contributed by atoms with van der Waals surface area (Å²) in [6.07, 6.45) is 0. The summed E-state index contributed by atoms with van der Waals surface area (Å²) in [6.45, 7) is -0.582. The van der Waals surface area contributed by atoms with Crippen LogP contribution in [0.1, 0.15) is 10.4 Å². The van der Waals surface area contributed by atoms with Crippen LogP contribution in [-0.2, 0) is 9.63 Å². The van der Waals surface area contributed by atoms with Crippen LogP contribution in [0.15, 0.2) is 27.1 Å². The Morgan fingerprint density at radius 3 is 2.31 bits per heavy atom. The first-order valence-corrected chi connectivity index (χ1v) is 5.67. The minimum absolute atomic E-state index is 0.353. The van der Waals surface area contributed by atoms with Gasteiger partial charge in [-0.3, -0.25) is 9.63 Å². The van der Waals surface area contributed by atoms with Gasteiger partial charge in [-0.05, 0) is 18.2 Å². The van der Waals surface area contributed by atoms with E-state index < -0.39 is 18.5 Å². The van der Waals surface area contributed by atoms with Crippen LogP contribution >= 0.6 is 31.9 Å². The number of rotatable bonds is 4. The molecule has 0 aliphatic heterocycles. The molecular formula is C9H7Br2NO4. The zero-order chi connectivity index (χ0) is 12.1. The van der Waals surface area contributed by atoms with Crippen LogP contribution in [0.2, 0.25) is 0 Å². The summed E-state index contributed by atoms with van der Waals surface area (Å²) in [6, 6.07) is 4.95. The molecular weight excluding hydrogens is 346 g/mol. The van der Waals surface area contributed by atoms with Crippen LogP contribution in [0, 0.1) is 0 Å². The lowest BCUT2D eigenvalue weighted by atomic mass is 10.2. The van der Waals surface area contributed by atoms with Crippen molar-refractivity contribution in [1.82, 2.24) is 5.48 Å². The number of benzene rings is 1. The fourth-order valence-electron chi connectivity index (χ4n) is 0.907. The van der Waals surface area contributed by atoms with Crippen molar-refractivity contribution in [2.75, 3.05) is 6.61 Å². The maximum Gasteiger partial charge on any atom is 0.332 e. The van der Waals surface area contributed by atoms with E-state index in [9.17, 15) is 9.59 Å². The van der Waals surface area contributed by atoms with E-state index in [1.165, 1.54) is 0 Å². The molecule has 0 spiro atoms. The minimum atomic E-state index is -1.16. The van der Waals surface area contributed by atoms with Gasteiger partial charge in [0.15, 0.2) is 6.61 Å². The predicted molar refractivity (Wildman–Crippen MR) is 62.9 cm³/mol. The fraction of sp³-hybridized carbons (Fsp3) is 0.111. The van der Waals surface area contributed by atoms with Gasteiger partial charge >= 0.3 is 5.97 Å². The Balaban J connectivity index is 2.62. The van der Waals surface area contributed by atoms with Crippen LogP contribution in [0.5, 0.6) is 0 Å². The second-order valence-corrected chi connectivity index (χ2v) is 4.60. The Bertz CT molecular complexity index is 402. The highest BCUT2D eigenvalue weighted by molar-refractivity contribution is 9.11. The largest absolute Gasteiger partial charge is 0.479 e. The van der Waals surface area contributed by atoms with E-state index >= 15 is 0 Å². The highest BCUT2D eigenvalue weighted by Gasteiger charge is 2.08. The smallest absolute Gasteiger partial charge is 0.332 e.